The summed E-state index contributed by atoms with van der Waals surface area (Å²) in [7, 11) is 0. The molecule has 3 rings (SSSR count). The maximum atomic E-state index is 12.4. The van der Waals surface area contributed by atoms with Gasteiger partial charge in [-0.3, -0.25) is 4.79 Å². The average Bonchev–Trinajstić information content (AvgIpc) is 2.70. The maximum Gasteiger partial charge on any atom is 0.255 e. The molecule has 0 spiro atoms. The van der Waals surface area contributed by atoms with Crippen LogP contribution in [0.15, 0.2) is 48.5 Å². The minimum Gasteiger partial charge on any atom is -0.493 e. The van der Waals surface area contributed by atoms with Gasteiger partial charge < -0.3 is 15.0 Å². The highest BCUT2D eigenvalue weighted by atomic mass is 16.5. The Labute approximate surface area is 156 Å². The van der Waals surface area contributed by atoms with Gasteiger partial charge in [-0.15, -0.1) is 0 Å². The zero-order valence-electron chi connectivity index (χ0n) is 15.5. The van der Waals surface area contributed by atoms with Gasteiger partial charge in [0.15, 0.2) is 0 Å². The molecule has 1 aliphatic heterocycles. The molecule has 1 amide bonds. The second-order valence-electron chi connectivity index (χ2n) is 6.65. The third-order valence-corrected chi connectivity index (χ3v) is 4.79. The summed E-state index contributed by atoms with van der Waals surface area (Å²) in [6, 6.07) is 16.1. The second kappa shape index (κ2) is 9.27. The molecule has 4 heteroatoms. The van der Waals surface area contributed by atoms with Gasteiger partial charge in [0.25, 0.3) is 5.91 Å². The Morgan fingerprint density at radius 3 is 2.50 bits per heavy atom. The van der Waals surface area contributed by atoms with Crippen molar-refractivity contribution < 1.29 is 9.53 Å². The number of nitrogens with zero attached hydrogens (tertiary/aromatic N) is 1. The summed E-state index contributed by atoms with van der Waals surface area (Å²) in [5.41, 5.74) is 3.14. The van der Waals surface area contributed by atoms with Crippen molar-refractivity contribution in [3.8, 4) is 5.75 Å². The number of amides is 1. The first-order valence-electron chi connectivity index (χ1n) is 9.62. The molecule has 1 aliphatic rings. The Morgan fingerprint density at radius 1 is 1.04 bits per heavy atom. The first-order chi connectivity index (χ1) is 12.8. The summed E-state index contributed by atoms with van der Waals surface area (Å²) in [6.45, 7) is 5.40. The van der Waals surface area contributed by atoms with Gasteiger partial charge in [-0.1, -0.05) is 24.3 Å². The van der Waals surface area contributed by atoms with Crippen LogP contribution >= 0.6 is 0 Å². The van der Waals surface area contributed by atoms with Gasteiger partial charge in [0.2, 0.25) is 0 Å². The van der Waals surface area contributed by atoms with Crippen molar-refractivity contribution in [2.75, 3.05) is 31.1 Å². The summed E-state index contributed by atoms with van der Waals surface area (Å²) in [5.74, 6) is 0.553. The van der Waals surface area contributed by atoms with Crippen LogP contribution in [-0.2, 0) is 6.42 Å². The predicted octanol–water partition coefficient (Wildman–Crippen LogP) is 4.05. The fourth-order valence-electron chi connectivity index (χ4n) is 3.38. The molecule has 0 radical (unpaired) electrons. The Morgan fingerprint density at radius 2 is 1.77 bits per heavy atom. The van der Waals surface area contributed by atoms with Crippen molar-refractivity contribution in [2.45, 2.75) is 32.6 Å². The number of para-hydroxylation sites is 1. The van der Waals surface area contributed by atoms with E-state index in [4.69, 9.17) is 4.74 Å². The van der Waals surface area contributed by atoms with Crippen LogP contribution in [0, 0.1) is 0 Å². The lowest BCUT2D eigenvalue weighted by Crippen LogP contribution is -2.29. The minimum atomic E-state index is -0.0843. The third-order valence-electron chi connectivity index (χ3n) is 4.79. The molecule has 26 heavy (non-hydrogen) atoms. The fraction of sp³-hybridized carbons (Fsp3) is 0.409. The molecule has 1 saturated heterocycles. The van der Waals surface area contributed by atoms with Gasteiger partial charge in [-0.2, -0.15) is 0 Å². The number of hydrogen-bond donors (Lipinski definition) is 1. The van der Waals surface area contributed by atoms with Crippen molar-refractivity contribution in [1.29, 1.82) is 0 Å². The van der Waals surface area contributed by atoms with Gasteiger partial charge in [-0.25, -0.2) is 0 Å². The SMILES string of the molecule is CCOc1ccccc1C(=O)NCCc1ccc(N2CCCCC2)cc1. The van der Waals surface area contributed by atoms with E-state index >= 15 is 0 Å². The summed E-state index contributed by atoms with van der Waals surface area (Å²) >= 11 is 0. The van der Waals surface area contributed by atoms with E-state index in [1.807, 2.05) is 25.1 Å². The van der Waals surface area contributed by atoms with Crippen molar-refractivity contribution >= 4 is 11.6 Å². The lowest BCUT2D eigenvalue weighted by Gasteiger charge is -2.28. The van der Waals surface area contributed by atoms with Crippen LogP contribution < -0.4 is 15.0 Å². The highest BCUT2D eigenvalue weighted by Crippen LogP contribution is 2.20. The van der Waals surface area contributed by atoms with E-state index in [2.05, 4.69) is 34.5 Å². The lowest BCUT2D eigenvalue weighted by atomic mass is 10.1. The minimum absolute atomic E-state index is 0.0843. The van der Waals surface area contributed by atoms with E-state index in [0.717, 1.165) is 19.5 Å². The molecule has 2 aromatic carbocycles. The average molecular weight is 352 g/mol. The quantitative estimate of drug-likeness (QED) is 0.817. The zero-order chi connectivity index (χ0) is 18.2. The predicted molar refractivity (Wildman–Crippen MR) is 106 cm³/mol. The monoisotopic (exact) mass is 352 g/mol. The number of piperidine rings is 1. The number of carbonyl (C=O) groups excluding carboxylic acids is 1. The molecule has 138 valence electrons. The number of ether oxygens (including phenoxy) is 1. The first-order valence-corrected chi connectivity index (χ1v) is 9.62. The van der Waals surface area contributed by atoms with Crippen LogP contribution in [0.4, 0.5) is 5.69 Å². The summed E-state index contributed by atoms with van der Waals surface area (Å²) < 4.78 is 5.53. The normalized spacial score (nSPS) is 14.1. The van der Waals surface area contributed by atoms with Crippen LogP contribution in [-0.4, -0.2) is 32.1 Å². The Hall–Kier alpha value is -2.49. The zero-order valence-corrected chi connectivity index (χ0v) is 15.5. The number of rotatable bonds is 7. The van der Waals surface area contributed by atoms with Crippen LogP contribution in [0.2, 0.25) is 0 Å². The number of benzene rings is 2. The molecule has 2 aromatic rings. The van der Waals surface area contributed by atoms with Gasteiger partial charge in [0, 0.05) is 25.3 Å². The number of carbonyl (C=O) groups is 1. The van der Waals surface area contributed by atoms with Crippen LogP contribution in [0.25, 0.3) is 0 Å². The van der Waals surface area contributed by atoms with Gasteiger partial charge in [-0.05, 0) is 62.4 Å². The highest BCUT2D eigenvalue weighted by Gasteiger charge is 2.12. The number of hydrogen-bond acceptors (Lipinski definition) is 3. The van der Waals surface area contributed by atoms with E-state index < -0.39 is 0 Å². The van der Waals surface area contributed by atoms with Gasteiger partial charge in [0.05, 0.1) is 12.2 Å². The molecule has 1 heterocycles. The molecule has 0 saturated carbocycles. The van der Waals surface area contributed by atoms with Crippen molar-refractivity contribution in [3.63, 3.8) is 0 Å². The summed E-state index contributed by atoms with van der Waals surface area (Å²) in [6.07, 6.45) is 4.75. The smallest absolute Gasteiger partial charge is 0.255 e. The Bertz CT molecular complexity index is 706. The van der Waals surface area contributed by atoms with E-state index in [9.17, 15) is 4.79 Å². The molecule has 1 N–H and O–H groups in total. The molecule has 0 atom stereocenters. The van der Waals surface area contributed by atoms with Crippen molar-refractivity contribution in [1.82, 2.24) is 5.32 Å². The van der Waals surface area contributed by atoms with Gasteiger partial charge in [0.1, 0.15) is 5.75 Å². The molecule has 0 aliphatic carbocycles. The lowest BCUT2D eigenvalue weighted by molar-refractivity contribution is 0.0950. The third kappa shape index (κ3) is 4.78. The standard InChI is InChI=1S/C22H28N2O2/c1-2-26-21-9-5-4-8-20(21)22(25)23-15-14-18-10-12-19(13-11-18)24-16-6-3-7-17-24/h4-5,8-13H,2-3,6-7,14-17H2,1H3,(H,23,25). The molecular weight excluding hydrogens is 324 g/mol. The molecule has 4 nitrogen and oxygen atoms in total. The van der Waals surface area contributed by atoms with Crippen molar-refractivity contribution in [2.24, 2.45) is 0 Å². The van der Waals surface area contributed by atoms with E-state index in [1.54, 1.807) is 6.07 Å². The Balaban J connectivity index is 1.51. The topological polar surface area (TPSA) is 41.6 Å². The molecule has 0 aromatic heterocycles. The largest absolute Gasteiger partial charge is 0.493 e. The summed E-state index contributed by atoms with van der Waals surface area (Å²) in [4.78, 5) is 14.9. The molecule has 0 unspecified atom stereocenters. The number of nitrogens with one attached hydrogen (secondary N) is 1. The molecule has 1 fully saturated rings. The first kappa shape index (κ1) is 18.3. The van der Waals surface area contributed by atoms with Crippen LogP contribution in [0.5, 0.6) is 5.75 Å². The van der Waals surface area contributed by atoms with E-state index in [-0.39, 0.29) is 5.91 Å². The van der Waals surface area contributed by atoms with E-state index in [0.29, 0.717) is 24.5 Å². The molecular formula is C22H28N2O2. The van der Waals surface area contributed by atoms with Crippen LogP contribution in [0.3, 0.4) is 0 Å². The highest BCUT2D eigenvalue weighted by molar-refractivity contribution is 5.96. The summed E-state index contributed by atoms with van der Waals surface area (Å²) in [5, 5.41) is 2.99. The number of anilines is 1. The maximum absolute atomic E-state index is 12.4. The molecule has 0 bridgehead atoms. The van der Waals surface area contributed by atoms with Crippen molar-refractivity contribution in [3.05, 3.63) is 59.7 Å². The fourth-order valence-corrected chi connectivity index (χ4v) is 3.38. The second-order valence-corrected chi connectivity index (χ2v) is 6.65. The van der Waals surface area contributed by atoms with E-state index in [1.165, 1.54) is 30.5 Å². The Kier molecular flexibility index (Phi) is 6.53. The van der Waals surface area contributed by atoms with Crippen LogP contribution in [0.1, 0.15) is 42.1 Å². The van der Waals surface area contributed by atoms with Gasteiger partial charge >= 0.3 is 0 Å².